The maximum absolute atomic E-state index is 2.43. The van der Waals surface area contributed by atoms with Crippen molar-refractivity contribution in [3.8, 4) is 0 Å². The SMILES string of the molecule is CCc1c(C=CC=C2Sc3c(ccc4ccccc34)N2CC)sc2c1ccc1ccccc12. The molecule has 0 radical (unpaired) electrons. The van der Waals surface area contributed by atoms with Crippen LogP contribution in [-0.4, -0.2) is 6.54 Å². The Morgan fingerprint density at radius 2 is 1.52 bits per heavy atom. The lowest BCUT2D eigenvalue weighted by atomic mass is 10.0. The van der Waals surface area contributed by atoms with Crippen LogP contribution in [0.15, 0.2) is 94.9 Å². The van der Waals surface area contributed by atoms with Crippen LogP contribution in [0.5, 0.6) is 0 Å². The zero-order valence-electron chi connectivity index (χ0n) is 18.8. The van der Waals surface area contributed by atoms with Crippen LogP contribution < -0.4 is 4.90 Å². The highest BCUT2D eigenvalue weighted by atomic mass is 32.2. The smallest absolute Gasteiger partial charge is 0.0801 e. The number of hydrogen-bond acceptors (Lipinski definition) is 3. The third-order valence-corrected chi connectivity index (χ3v) is 8.94. The van der Waals surface area contributed by atoms with Gasteiger partial charge in [0.25, 0.3) is 0 Å². The van der Waals surface area contributed by atoms with E-state index in [0.29, 0.717) is 0 Å². The number of hydrogen-bond donors (Lipinski definition) is 0. The monoisotopic (exact) mass is 463 g/mol. The molecule has 0 fully saturated rings. The molecule has 6 rings (SSSR count). The number of thioether (sulfide) groups is 1. The fourth-order valence-electron chi connectivity index (χ4n) is 4.89. The Morgan fingerprint density at radius 1 is 0.788 bits per heavy atom. The maximum Gasteiger partial charge on any atom is 0.0801 e. The van der Waals surface area contributed by atoms with Crippen molar-refractivity contribution in [2.24, 2.45) is 0 Å². The van der Waals surface area contributed by atoms with Crippen molar-refractivity contribution < 1.29 is 0 Å². The van der Waals surface area contributed by atoms with E-state index in [1.165, 1.54) is 57.7 Å². The van der Waals surface area contributed by atoms with Gasteiger partial charge in [-0.25, -0.2) is 0 Å². The largest absolute Gasteiger partial charge is 0.335 e. The van der Waals surface area contributed by atoms with E-state index in [-0.39, 0.29) is 0 Å². The quantitative estimate of drug-likeness (QED) is 0.261. The molecule has 33 heavy (non-hydrogen) atoms. The van der Waals surface area contributed by atoms with Gasteiger partial charge in [-0.1, -0.05) is 91.5 Å². The molecule has 0 unspecified atom stereocenters. The highest BCUT2D eigenvalue weighted by Crippen LogP contribution is 2.49. The minimum Gasteiger partial charge on any atom is -0.335 e. The molecule has 1 aliphatic rings. The van der Waals surface area contributed by atoms with Crippen LogP contribution >= 0.6 is 23.1 Å². The number of anilines is 1. The molecule has 1 nitrogen and oxygen atoms in total. The first kappa shape index (κ1) is 20.6. The number of thiophene rings is 1. The standard InChI is InChI=1S/C30H25NS2/c1-3-22-25-18-16-20-10-5-7-12-23(20)29(25)32-27(22)14-9-15-28-31(4-2)26-19-17-21-11-6-8-13-24(21)30(26)33-28/h5-19H,3-4H2,1-2H3. The molecule has 1 aliphatic heterocycles. The van der Waals surface area contributed by atoms with Crippen LogP contribution in [0.1, 0.15) is 24.3 Å². The Balaban J connectivity index is 1.39. The summed E-state index contributed by atoms with van der Waals surface area (Å²) in [5.41, 5.74) is 2.78. The zero-order valence-corrected chi connectivity index (χ0v) is 20.5. The van der Waals surface area contributed by atoms with E-state index in [4.69, 9.17) is 0 Å². The molecule has 0 atom stereocenters. The zero-order chi connectivity index (χ0) is 22.4. The first-order chi connectivity index (χ1) is 16.3. The lowest BCUT2D eigenvalue weighted by Gasteiger charge is -2.17. The summed E-state index contributed by atoms with van der Waals surface area (Å²) in [5, 5.41) is 8.02. The predicted octanol–water partition coefficient (Wildman–Crippen LogP) is 9.26. The molecule has 0 aliphatic carbocycles. The number of rotatable bonds is 4. The van der Waals surface area contributed by atoms with Crippen LogP contribution in [0.25, 0.3) is 37.7 Å². The second-order valence-electron chi connectivity index (χ2n) is 8.31. The van der Waals surface area contributed by atoms with Gasteiger partial charge in [-0.3, -0.25) is 0 Å². The molecule has 0 saturated heterocycles. The topological polar surface area (TPSA) is 3.24 Å². The first-order valence-corrected chi connectivity index (χ1v) is 13.2. The molecular weight excluding hydrogens is 438 g/mol. The third-order valence-electron chi connectivity index (χ3n) is 6.49. The van der Waals surface area contributed by atoms with Crippen molar-refractivity contribution >= 4 is 66.5 Å². The van der Waals surface area contributed by atoms with Gasteiger partial charge in [-0.15, -0.1) is 11.3 Å². The van der Waals surface area contributed by atoms with E-state index in [9.17, 15) is 0 Å². The second-order valence-corrected chi connectivity index (χ2v) is 10.4. The Kier molecular flexibility index (Phi) is 5.24. The normalized spacial score (nSPS) is 15.0. The Hall–Kier alpha value is -3.01. The van der Waals surface area contributed by atoms with E-state index >= 15 is 0 Å². The third kappa shape index (κ3) is 3.38. The highest BCUT2D eigenvalue weighted by Gasteiger charge is 2.25. The van der Waals surface area contributed by atoms with Crippen LogP contribution in [0, 0.1) is 0 Å². The van der Waals surface area contributed by atoms with Crippen molar-refractivity contribution in [3.05, 3.63) is 100 Å². The minimum atomic E-state index is 0.965. The molecule has 0 spiro atoms. The van der Waals surface area contributed by atoms with Crippen molar-refractivity contribution in [2.75, 3.05) is 11.4 Å². The van der Waals surface area contributed by atoms with Gasteiger partial charge in [0.2, 0.25) is 0 Å². The van der Waals surface area contributed by atoms with E-state index in [1.807, 2.05) is 23.1 Å². The Morgan fingerprint density at radius 3 is 2.30 bits per heavy atom. The summed E-state index contributed by atoms with van der Waals surface area (Å²) in [6.07, 6.45) is 7.87. The van der Waals surface area contributed by atoms with Crippen molar-refractivity contribution in [2.45, 2.75) is 25.2 Å². The summed E-state index contributed by atoms with van der Waals surface area (Å²) in [7, 11) is 0. The molecule has 4 aromatic carbocycles. The van der Waals surface area contributed by atoms with Crippen LogP contribution in [-0.2, 0) is 6.42 Å². The van der Waals surface area contributed by atoms with E-state index in [0.717, 1.165) is 13.0 Å². The van der Waals surface area contributed by atoms with Gasteiger partial charge in [0, 0.05) is 21.0 Å². The van der Waals surface area contributed by atoms with Gasteiger partial charge >= 0.3 is 0 Å². The fraction of sp³-hybridized carbons (Fsp3) is 0.133. The minimum absolute atomic E-state index is 0.965. The summed E-state index contributed by atoms with van der Waals surface area (Å²) >= 11 is 3.81. The Labute approximate surface area is 203 Å². The number of aryl methyl sites for hydroxylation is 1. The number of fused-ring (bicyclic) bond motifs is 6. The fourth-order valence-corrected chi connectivity index (χ4v) is 7.50. The molecule has 5 aromatic rings. The van der Waals surface area contributed by atoms with Gasteiger partial charge in [0.05, 0.1) is 10.7 Å². The van der Waals surface area contributed by atoms with Gasteiger partial charge in [-0.2, -0.15) is 0 Å². The lowest BCUT2D eigenvalue weighted by molar-refractivity contribution is 1.01. The lowest BCUT2D eigenvalue weighted by Crippen LogP contribution is -2.16. The summed E-state index contributed by atoms with van der Waals surface area (Å²) in [5.74, 6) is 0. The molecule has 0 N–H and O–H groups in total. The van der Waals surface area contributed by atoms with Crippen molar-refractivity contribution in [3.63, 3.8) is 0 Å². The van der Waals surface area contributed by atoms with Crippen LogP contribution in [0.3, 0.4) is 0 Å². The average molecular weight is 464 g/mol. The van der Waals surface area contributed by atoms with Gasteiger partial charge in [-0.05, 0) is 64.1 Å². The number of nitrogens with zero attached hydrogens (tertiary/aromatic N) is 1. The van der Waals surface area contributed by atoms with E-state index < -0.39 is 0 Å². The number of benzene rings is 4. The molecule has 1 aromatic heterocycles. The molecule has 0 amide bonds. The van der Waals surface area contributed by atoms with Gasteiger partial charge < -0.3 is 4.90 Å². The number of allylic oxidation sites excluding steroid dienone is 2. The van der Waals surface area contributed by atoms with Crippen LogP contribution in [0.4, 0.5) is 5.69 Å². The van der Waals surface area contributed by atoms with Gasteiger partial charge in [0.15, 0.2) is 0 Å². The van der Waals surface area contributed by atoms with Gasteiger partial charge in [0.1, 0.15) is 0 Å². The predicted molar refractivity (Wildman–Crippen MR) is 149 cm³/mol. The van der Waals surface area contributed by atoms with E-state index in [1.54, 1.807) is 0 Å². The maximum atomic E-state index is 2.43. The molecule has 3 heteroatoms. The second kappa shape index (κ2) is 8.40. The van der Waals surface area contributed by atoms with Crippen molar-refractivity contribution in [1.29, 1.82) is 0 Å². The van der Waals surface area contributed by atoms with Crippen LogP contribution in [0.2, 0.25) is 0 Å². The van der Waals surface area contributed by atoms with Crippen molar-refractivity contribution in [1.82, 2.24) is 0 Å². The average Bonchev–Trinajstić information content (AvgIpc) is 3.41. The summed E-state index contributed by atoms with van der Waals surface area (Å²) < 4.78 is 1.40. The molecule has 0 saturated carbocycles. The summed E-state index contributed by atoms with van der Waals surface area (Å²) in [4.78, 5) is 5.17. The highest BCUT2D eigenvalue weighted by molar-refractivity contribution is 8.04. The summed E-state index contributed by atoms with van der Waals surface area (Å²) in [6.45, 7) is 5.46. The first-order valence-electron chi connectivity index (χ1n) is 11.6. The summed E-state index contributed by atoms with van der Waals surface area (Å²) in [6, 6.07) is 26.5. The molecule has 0 bridgehead atoms. The van der Waals surface area contributed by atoms with E-state index in [2.05, 4.69) is 110 Å². The molecule has 162 valence electrons. The Bertz CT molecular complexity index is 1570. The molecule has 2 heterocycles. The molecular formula is C30H25NS2.